The second-order valence-corrected chi connectivity index (χ2v) is 8.38. The third-order valence-electron chi connectivity index (χ3n) is 4.30. The first-order chi connectivity index (χ1) is 13.1. The maximum Gasteiger partial charge on any atom is 0.240 e. The number of aryl methyl sites for hydroxylation is 1. The van der Waals surface area contributed by atoms with Gasteiger partial charge in [0, 0.05) is 24.8 Å². The molecule has 1 heterocycles. The first kappa shape index (κ1) is 19.6. The normalized spacial score (nSPS) is 11.6. The van der Waals surface area contributed by atoms with Gasteiger partial charge in [-0.25, -0.2) is 13.1 Å². The summed E-state index contributed by atoms with van der Waals surface area (Å²) < 4.78 is 29.7. The molecule has 7 heteroatoms. The molecule has 1 aromatic heterocycles. The van der Waals surface area contributed by atoms with Crippen molar-refractivity contribution in [3.8, 4) is 0 Å². The van der Waals surface area contributed by atoms with Gasteiger partial charge in [-0.15, -0.1) is 11.6 Å². The molecule has 0 aliphatic heterocycles. The summed E-state index contributed by atoms with van der Waals surface area (Å²) in [5.74, 6) is 0.597. The maximum absolute atomic E-state index is 12.6. The Bertz CT molecular complexity index is 955. The van der Waals surface area contributed by atoms with Crippen LogP contribution in [0.3, 0.4) is 0 Å². The lowest BCUT2D eigenvalue weighted by atomic mass is 10.1. The van der Waals surface area contributed by atoms with Gasteiger partial charge in [0.15, 0.2) is 0 Å². The number of hydrogen-bond acceptors (Lipinski definition) is 3. The predicted octanol–water partition coefficient (Wildman–Crippen LogP) is 3.58. The average Bonchev–Trinajstić information content (AvgIpc) is 3.19. The Morgan fingerprint density at radius 3 is 2.41 bits per heavy atom. The quantitative estimate of drug-likeness (QED) is 0.555. The van der Waals surface area contributed by atoms with E-state index in [1.165, 1.54) is 0 Å². The van der Waals surface area contributed by atoms with Crippen molar-refractivity contribution in [2.24, 2.45) is 0 Å². The van der Waals surface area contributed by atoms with E-state index >= 15 is 0 Å². The van der Waals surface area contributed by atoms with E-state index in [-0.39, 0.29) is 11.4 Å². The van der Waals surface area contributed by atoms with Gasteiger partial charge in [-0.3, -0.25) is 4.68 Å². The fourth-order valence-corrected chi connectivity index (χ4v) is 3.96. The zero-order valence-electron chi connectivity index (χ0n) is 14.9. The Hall–Kier alpha value is -2.15. The molecule has 0 unspecified atom stereocenters. The Morgan fingerprint density at radius 1 is 1.00 bits per heavy atom. The smallest absolute Gasteiger partial charge is 0.240 e. The molecule has 0 fully saturated rings. The van der Waals surface area contributed by atoms with E-state index in [2.05, 4.69) is 9.82 Å². The van der Waals surface area contributed by atoms with Crippen LogP contribution in [0.15, 0.2) is 71.9 Å². The number of benzene rings is 2. The molecule has 0 radical (unpaired) electrons. The minimum Gasteiger partial charge on any atom is -0.268 e. The second-order valence-electron chi connectivity index (χ2n) is 6.23. The lowest BCUT2D eigenvalue weighted by Gasteiger charge is -2.12. The fourth-order valence-electron chi connectivity index (χ4n) is 2.82. The summed E-state index contributed by atoms with van der Waals surface area (Å²) in [6.07, 6.45) is 5.33. The fraction of sp³-hybridized carbons (Fsp3) is 0.250. The molecule has 0 saturated carbocycles. The average molecular weight is 404 g/mol. The van der Waals surface area contributed by atoms with Gasteiger partial charge in [-0.1, -0.05) is 36.4 Å². The standard InChI is InChI=1S/C20H22ClN3O2S/c21-12-3-5-17-8-10-20(11-9-17)27(25,26)23-15-18-6-1-2-7-19(18)16-24-14-4-13-22-24/h1-2,4,6-11,13-14,23H,3,5,12,15-16H2. The molecule has 1 N–H and O–H groups in total. The Labute approximate surface area is 165 Å². The zero-order valence-corrected chi connectivity index (χ0v) is 16.5. The van der Waals surface area contributed by atoms with Crippen molar-refractivity contribution in [2.75, 3.05) is 5.88 Å². The van der Waals surface area contributed by atoms with Crippen LogP contribution in [-0.4, -0.2) is 24.1 Å². The Morgan fingerprint density at radius 2 is 1.74 bits per heavy atom. The number of hydrogen-bond donors (Lipinski definition) is 1. The molecule has 0 atom stereocenters. The van der Waals surface area contributed by atoms with Crippen LogP contribution in [0.1, 0.15) is 23.1 Å². The highest BCUT2D eigenvalue weighted by atomic mass is 35.5. The minimum atomic E-state index is -3.57. The van der Waals surface area contributed by atoms with Gasteiger partial charge in [0.1, 0.15) is 0 Å². The van der Waals surface area contributed by atoms with Crippen LogP contribution in [0.5, 0.6) is 0 Å². The van der Waals surface area contributed by atoms with Crippen molar-refractivity contribution in [1.29, 1.82) is 0 Å². The van der Waals surface area contributed by atoms with Gasteiger partial charge in [0.05, 0.1) is 11.4 Å². The first-order valence-corrected chi connectivity index (χ1v) is 10.8. The van der Waals surface area contributed by atoms with Crippen molar-refractivity contribution >= 4 is 21.6 Å². The van der Waals surface area contributed by atoms with E-state index < -0.39 is 10.0 Å². The van der Waals surface area contributed by atoms with E-state index in [1.54, 1.807) is 18.3 Å². The highest BCUT2D eigenvalue weighted by Crippen LogP contribution is 2.15. The van der Waals surface area contributed by atoms with Crippen molar-refractivity contribution < 1.29 is 8.42 Å². The third kappa shape index (κ3) is 5.42. The molecule has 0 spiro atoms. The van der Waals surface area contributed by atoms with E-state index in [0.29, 0.717) is 12.4 Å². The number of alkyl halides is 1. The number of rotatable bonds is 9. The Kier molecular flexibility index (Phi) is 6.66. The van der Waals surface area contributed by atoms with E-state index in [0.717, 1.165) is 29.5 Å². The molecule has 27 heavy (non-hydrogen) atoms. The van der Waals surface area contributed by atoms with Gasteiger partial charge in [-0.2, -0.15) is 5.10 Å². The summed E-state index contributed by atoms with van der Waals surface area (Å²) in [5.41, 5.74) is 3.04. The highest BCUT2D eigenvalue weighted by molar-refractivity contribution is 7.89. The Balaban J connectivity index is 1.68. The predicted molar refractivity (Wildman–Crippen MR) is 107 cm³/mol. The van der Waals surface area contributed by atoms with E-state index in [1.807, 2.05) is 53.3 Å². The zero-order chi connectivity index (χ0) is 19.1. The molecule has 2 aromatic carbocycles. The van der Waals surface area contributed by atoms with Crippen molar-refractivity contribution in [3.05, 3.63) is 83.7 Å². The van der Waals surface area contributed by atoms with Crippen molar-refractivity contribution in [1.82, 2.24) is 14.5 Å². The largest absolute Gasteiger partial charge is 0.268 e. The summed E-state index contributed by atoms with van der Waals surface area (Å²) in [6.45, 7) is 0.827. The topological polar surface area (TPSA) is 64.0 Å². The molecule has 0 aliphatic carbocycles. The second kappa shape index (κ2) is 9.17. The monoisotopic (exact) mass is 403 g/mol. The minimum absolute atomic E-state index is 0.230. The molecule has 0 aliphatic rings. The number of halogens is 1. The van der Waals surface area contributed by atoms with Crippen molar-refractivity contribution in [2.45, 2.75) is 30.8 Å². The maximum atomic E-state index is 12.6. The van der Waals surface area contributed by atoms with Gasteiger partial charge < -0.3 is 0 Å². The highest BCUT2D eigenvalue weighted by Gasteiger charge is 2.14. The summed E-state index contributed by atoms with van der Waals surface area (Å²) >= 11 is 5.70. The third-order valence-corrected chi connectivity index (χ3v) is 5.98. The van der Waals surface area contributed by atoms with Crippen LogP contribution < -0.4 is 4.72 Å². The van der Waals surface area contributed by atoms with Crippen LogP contribution in [0.25, 0.3) is 0 Å². The van der Waals surface area contributed by atoms with Crippen LogP contribution >= 0.6 is 11.6 Å². The molecule has 5 nitrogen and oxygen atoms in total. The summed E-state index contributed by atoms with van der Waals surface area (Å²) in [7, 11) is -3.57. The van der Waals surface area contributed by atoms with Gasteiger partial charge in [-0.05, 0) is 47.7 Å². The molecule has 3 rings (SSSR count). The van der Waals surface area contributed by atoms with Crippen LogP contribution in [0.4, 0.5) is 0 Å². The van der Waals surface area contributed by atoms with E-state index in [9.17, 15) is 8.42 Å². The molecular weight excluding hydrogens is 382 g/mol. The summed E-state index contributed by atoms with van der Waals surface area (Å²) in [4.78, 5) is 0.265. The lowest BCUT2D eigenvalue weighted by Crippen LogP contribution is -2.24. The first-order valence-electron chi connectivity index (χ1n) is 8.77. The molecule has 0 bridgehead atoms. The molecule has 0 amide bonds. The van der Waals surface area contributed by atoms with E-state index in [4.69, 9.17) is 11.6 Å². The number of nitrogens with zero attached hydrogens (tertiary/aromatic N) is 2. The molecular formula is C20H22ClN3O2S. The number of aromatic nitrogens is 2. The van der Waals surface area contributed by atoms with Crippen LogP contribution in [-0.2, 0) is 29.5 Å². The van der Waals surface area contributed by atoms with Gasteiger partial charge >= 0.3 is 0 Å². The number of nitrogens with one attached hydrogen (secondary N) is 1. The SMILES string of the molecule is O=S(=O)(NCc1ccccc1Cn1cccn1)c1ccc(CCCCl)cc1. The summed E-state index contributed by atoms with van der Waals surface area (Å²) in [5, 5.41) is 4.21. The lowest BCUT2D eigenvalue weighted by molar-refractivity contribution is 0.580. The molecule has 3 aromatic rings. The summed E-state index contributed by atoms with van der Waals surface area (Å²) in [6, 6.07) is 16.6. The molecule has 142 valence electrons. The van der Waals surface area contributed by atoms with Gasteiger partial charge in [0.25, 0.3) is 0 Å². The van der Waals surface area contributed by atoms with Crippen LogP contribution in [0, 0.1) is 0 Å². The molecule has 0 saturated heterocycles. The van der Waals surface area contributed by atoms with Gasteiger partial charge in [0.2, 0.25) is 10.0 Å². The number of sulfonamides is 1. The van der Waals surface area contributed by atoms with Crippen LogP contribution in [0.2, 0.25) is 0 Å². The van der Waals surface area contributed by atoms with Crippen molar-refractivity contribution in [3.63, 3.8) is 0 Å².